The Morgan fingerprint density at radius 3 is 2.02 bits per heavy atom. The molecule has 0 unspecified atom stereocenters. The molecular weight excluding hydrogens is 538 g/mol. The number of nitrogens with one attached hydrogen (secondary N) is 1. The Kier molecular flexibility index (Phi) is 6.56. The molecule has 41 heavy (non-hydrogen) atoms. The van der Waals surface area contributed by atoms with E-state index < -0.39 is 35.8 Å². The zero-order valence-corrected chi connectivity index (χ0v) is 23.4. The maximum atomic E-state index is 12.4. The molecule has 3 aromatic carbocycles. The minimum absolute atomic E-state index is 0.214. The molecule has 7 rings (SSSR count). The van der Waals surface area contributed by atoms with Crippen molar-refractivity contribution in [3.05, 3.63) is 130 Å². The monoisotopic (exact) mass is 567 g/mol. The molecule has 2 aliphatic heterocycles. The molecule has 2 fully saturated rings. The second kappa shape index (κ2) is 10.3. The Labute approximate surface area is 241 Å². The Morgan fingerprint density at radius 1 is 0.878 bits per heavy atom. The fourth-order valence-corrected chi connectivity index (χ4v) is 6.76. The largest absolute Gasteiger partial charge is 0.360 e. The van der Waals surface area contributed by atoms with Crippen molar-refractivity contribution in [2.75, 3.05) is 6.61 Å². The SMILES string of the molecule is CC1(C)O[C@@H]2[C@H](O1)[C@@H](COC(c1ccccc1)(c1ccccc1)c1ccccc1)O[C@@H]2c1nsc2c(=O)[nH]cnc12. The summed E-state index contributed by atoms with van der Waals surface area (Å²) in [6.07, 6.45) is -0.503. The lowest BCUT2D eigenvalue weighted by Gasteiger charge is -2.37. The Morgan fingerprint density at radius 2 is 1.44 bits per heavy atom. The van der Waals surface area contributed by atoms with Crippen LogP contribution in [0.4, 0.5) is 0 Å². The number of rotatable bonds is 7. The van der Waals surface area contributed by atoms with Crippen molar-refractivity contribution in [2.24, 2.45) is 0 Å². The highest BCUT2D eigenvalue weighted by molar-refractivity contribution is 7.13. The van der Waals surface area contributed by atoms with Crippen LogP contribution in [0.5, 0.6) is 0 Å². The third kappa shape index (κ3) is 4.50. The van der Waals surface area contributed by atoms with Gasteiger partial charge >= 0.3 is 0 Å². The summed E-state index contributed by atoms with van der Waals surface area (Å²) in [5.74, 6) is -0.818. The molecular formula is C32H29N3O5S. The first kappa shape index (κ1) is 26.2. The first-order valence-corrected chi connectivity index (χ1v) is 14.4. The highest BCUT2D eigenvalue weighted by Gasteiger charge is 2.57. The van der Waals surface area contributed by atoms with Crippen molar-refractivity contribution in [2.45, 2.75) is 49.7 Å². The van der Waals surface area contributed by atoms with Crippen molar-refractivity contribution >= 4 is 21.7 Å². The molecule has 5 aromatic rings. The Bertz CT molecular complexity index is 1610. The molecule has 9 heteroatoms. The zero-order chi connectivity index (χ0) is 28.0. The van der Waals surface area contributed by atoms with Crippen LogP contribution in [-0.2, 0) is 24.5 Å². The van der Waals surface area contributed by atoms with E-state index in [1.54, 1.807) is 0 Å². The van der Waals surface area contributed by atoms with Crippen molar-refractivity contribution in [3.8, 4) is 0 Å². The molecule has 2 aromatic heterocycles. The van der Waals surface area contributed by atoms with E-state index in [9.17, 15) is 4.79 Å². The molecule has 208 valence electrons. The second-order valence-electron chi connectivity index (χ2n) is 10.7. The van der Waals surface area contributed by atoms with E-state index >= 15 is 0 Å². The number of hydrogen-bond acceptors (Lipinski definition) is 8. The van der Waals surface area contributed by atoms with Gasteiger partial charge in [-0.3, -0.25) is 4.79 Å². The lowest BCUT2D eigenvalue weighted by molar-refractivity contribution is -0.196. The molecule has 0 saturated carbocycles. The average Bonchev–Trinajstić information content (AvgIpc) is 3.67. The van der Waals surface area contributed by atoms with Gasteiger partial charge in [0.15, 0.2) is 5.79 Å². The lowest BCUT2D eigenvalue weighted by atomic mass is 9.80. The van der Waals surface area contributed by atoms with Crippen LogP contribution in [0.1, 0.15) is 42.3 Å². The molecule has 0 radical (unpaired) electrons. The summed E-state index contributed by atoms with van der Waals surface area (Å²) in [5, 5.41) is 0. The predicted molar refractivity (Wildman–Crippen MR) is 155 cm³/mol. The lowest BCUT2D eigenvalue weighted by Crippen LogP contribution is -2.39. The molecule has 4 atom stereocenters. The van der Waals surface area contributed by atoms with Crippen LogP contribution < -0.4 is 5.56 Å². The normalized spacial score (nSPS) is 23.6. The van der Waals surface area contributed by atoms with E-state index in [-0.39, 0.29) is 12.2 Å². The van der Waals surface area contributed by atoms with Crippen molar-refractivity contribution in [3.63, 3.8) is 0 Å². The minimum Gasteiger partial charge on any atom is -0.360 e. The molecule has 2 saturated heterocycles. The zero-order valence-electron chi connectivity index (χ0n) is 22.6. The maximum absolute atomic E-state index is 12.4. The van der Waals surface area contributed by atoms with Crippen LogP contribution in [0, 0.1) is 0 Å². The van der Waals surface area contributed by atoms with Crippen molar-refractivity contribution in [1.29, 1.82) is 0 Å². The molecule has 1 N–H and O–H groups in total. The maximum Gasteiger partial charge on any atom is 0.270 e. The summed E-state index contributed by atoms with van der Waals surface area (Å²) in [6, 6.07) is 30.7. The summed E-state index contributed by atoms with van der Waals surface area (Å²) < 4.78 is 31.5. The number of benzene rings is 3. The number of aromatic nitrogens is 3. The highest BCUT2D eigenvalue weighted by Crippen LogP contribution is 2.48. The Balaban J connectivity index is 1.29. The van der Waals surface area contributed by atoms with Crippen LogP contribution >= 0.6 is 11.5 Å². The molecule has 0 spiro atoms. The molecule has 8 nitrogen and oxygen atoms in total. The van der Waals surface area contributed by atoms with Crippen LogP contribution in [0.15, 0.2) is 102 Å². The van der Waals surface area contributed by atoms with Crippen LogP contribution in [0.25, 0.3) is 10.2 Å². The highest BCUT2D eigenvalue weighted by atomic mass is 32.1. The third-order valence-corrected chi connectivity index (χ3v) is 8.56. The number of nitrogens with zero attached hydrogens (tertiary/aromatic N) is 2. The van der Waals surface area contributed by atoms with Gasteiger partial charge in [-0.1, -0.05) is 91.0 Å². The van der Waals surface area contributed by atoms with Crippen LogP contribution in [0.3, 0.4) is 0 Å². The Hall–Kier alpha value is -3.73. The van der Waals surface area contributed by atoms with E-state index in [1.165, 1.54) is 6.33 Å². The summed E-state index contributed by atoms with van der Waals surface area (Å²) in [5.41, 5.74) is 2.97. The molecule has 2 aliphatic rings. The summed E-state index contributed by atoms with van der Waals surface area (Å²) in [6.45, 7) is 4.00. The van der Waals surface area contributed by atoms with Gasteiger partial charge in [0.25, 0.3) is 5.56 Å². The van der Waals surface area contributed by atoms with Crippen molar-refractivity contribution in [1.82, 2.24) is 14.3 Å². The van der Waals surface area contributed by atoms with Gasteiger partial charge in [-0.2, -0.15) is 4.37 Å². The standard InChI is InChI=1S/C32H29N3O5S/c1-31(2)39-26-23(38-27(28(26)40-31)24-25-29(41-35-24)30(36)34-19-33-25)18-37-32(20-12-6-3-7-13-20,21-14-8-4-9-15-21)22-16-10-5-11-17-22/h3-17,19,23,26-28H,18H2,1-2H3,(H,33,34,36)/t23-,26-,27-,28-/m1/s1. The minimum atomic E-state index is -0.905. The number of fused-ring (bicyclic) bond motifs is 2. The first-order chi connectivity index (χ1) is 20.0. The molecule has 0 aliphatic carbocycles. The van der Waals surface area contributed by atoms with Gasteiger partial charge in [0.2, 0.25) is 0 Å². The molecule has 4 heterocycles. The summed E-state index contributed by atoms with van der Waals surface area (Å²) in [7, 11) is 0. The summed E-state index contributed by atoms with van der Waals surface area (Å²) in [4.78, 5) is 19.4. The predicted octanol–water partition coefficient (Wildman–Crippen LogP) is 5.35. The topological polar surface area (TPSA) is 95.6 Å². The number of hydrogen-bond donors (Lipinski definition) is 1. The van der Waals surface area contributed by atoms with E-state index in [2.05, 4.69) is 50.7 Å². The van der Waals surface area contributed by atoms with Crippen molar-refractivity contribution < 1.29 is 18.9 Å². The first-order valence-electron chi connectivity index (χ1n) is 13.6. The fraction of sp³-hybridized carbons (Fsp3) is 0.281. The quantitative estimate of drug-likeness (QED) is 0.265. The number of aromatic amines is 1. The van der Waals surface area contributed by atoms with Gasteiger partial charge in [0.1, 0.15) is 45.9 Å². The second-order valence-corrected chi connectivity index (χ2v) is 11.5. The van der Waals surface area contributed by atoms with Crippen LogP contribution in [0.2, 0.25) is 0 Å². The average molecular weight is 568 g/mol. The smallest absolute Gasteiger partial charge is 0.270 e. The van der Waals surface area contributed by atoms with Gasteiger partial charge in [-0.15, -0.1) is 0 Å². The molecule has 0 bridgehead atoms. The van der Waals surface area contributed by atoms with E-state index in [1.807, 2.05) is 68.4 Å². The molecule has 0 amide bonds. The van der Waals surface area contributed by atoms with Gasteiger partial charge in [0.05, 0.1) is 12.9 Å². The fourth-order valence-electron chi connectivity index (χ4n) is 5.99. The van der Waals surface area contributed by atoms with Crippen LogP contribution in [-0.4, -0.2) is 45.0 Å². The van der Waals surface area contributed by atoms with Gasteiger partial charge in [0, 0.05) is 0 Å². The summed E-state index contributed by atoms with van der Waals surface area (Å²) >= 11 is 1.11. The van der Waals surface area contributed by atoms with E-state index in [0.29, 0.717) is 15.9 Å². The number of H-pyrrole nitrogens is 1. The van der Waals surface area contributed by atoms with Gasteiger partial charge < -0.3 is 23.9 Å². The van der Waals surface area contributed by atoms with Gasteiger partial charge in [-0.25, -0.2) is 4.98 Å². The number of ether oxygens (including phenoxy) is 4. The van der Waals surface area contributed by atoms with E-state index in [0.717, 1.165) is 28.2 Å². The van der Waals surface area contributed by atoms with Gasteiger partial charge in [-0.05, 0) is 42.1 Å². The third-order valence-electron chi connectivity index (χ3n) is 7.71. The van der Waals surface area contributed by atoms with E-state index in [4.69, 9.17) is 18.9 Å².